The third-order valence-corrected chi connectivity index (χ3v) is 16.6. The minimum Gasteiger partial charge on any atom is -0.496 e. The average molecular weight is 903 g/mol. The molecule has 1 saturated carbocycles. The number of aromatic nitrogens is 1. The van der Waals surface area contributed by atoms with Crippen molar-refractivity contribution in [2.75, 3.05) is 65.4 Å². The van der Waals surface area contributed by atoms with Gasteiger partial charge in [-0.05, 0) is 80.0 Å². The Bertz CT molecular complexity index is 2660. The number of amides is 1. The Balaban J connectivity index is 1.24. The zero-order valence-corrected chi connectivity index (χ0v) is 39.0. The molecule has 1 saturated heterocycles. The number of rotatable bonds is 9. The molecule has 2 unspecified atom stereocenters. The molecular weight excluding hydrogens is 842 g/mol. The summed E-state index contributed by atoms with van der Waals surface area (Å²) in [6.45, 7) is 9.38. The van der Waals surface area contributed by atoms with E-state index in [9.17, 15) is 14.7 Å². The number of H-pyrrole nitrogens is 1. The highest BCUT2D eigenvalue weighted by Crippen LogP contribution is 2.68. The first-order valence-corrected chi connectivity index (χ1v) is 23.6. The van der Waals surface area contributed by atoms with Crippen LogP contribution in [-0.2, 0) is 36.3 Å². The third-order valence-electron chi connectivity index (χ3n) is 16.3. The molecule has 6 aliphatic rings. The summed E-state index contributed by atoms with van der Waals surface area (Å²) in [5, 5.41) is 18.4. The maximum absolute atomic E-state index is 15.5. The van der Waals surface area contributed by atoms with Gasteiger partial charge in [0.15, 0.2) is 0 Å². The molecule has 65 heavy (non-hydrogen) atoms. The van der Waals surface area contributed by atoms with Crippen LogP contribution in [0.15, 0.2) is 84.5 Å². The summed E-state index contributed by atoms with van der Waals surface area (Å²) in [5.74, 6) is -0.793. The van der Waals surface area contributed by atoms with Crippen molar-refractivity contribution in [1.82, 2.24) is 20.1 Å². The summed E-state index contributed by atoms with van der Waals surface area (Å²) in [5.41, 5.74) is 2.17. The predicted octanol–water partition coefficient (Wildman–Crippen LogP) is 6.71. The van der Waals surface area contributed by atoms with Gasteiger partial charge in [-0.15, -0.1) is 0 Å². The second-order valence-corrected chi connectivity index (χ2v) is 19.7. The summed E-state index contributed by atoms with van der Waals surface area (Å²) in [6, 6.07) is 18.4. The number of nitrogens with one attached hydrogen (secondary N) is 2. The van der Waals surface area contributed by atoms with Crippen LogP contribution >= 0.6 is 11.6 Å². The largest absolute Gasteiger partial charge is 0.496 e. The van der Waals surface area contributed by atoms with E-state index in [1.807, 2.05) is 19.2 Å². The van der Waals surface area contributed by atoms with Crippen LogP contribution < -0.4 is 15.0 Å². The zero-order chi connectivity index (χ0) is 45.6. The number of hydrogen-bond donors (Lipinski definition) is 3. The van der Waals surface area contributed by atoms with Crippen molar-refractivity contribution in [2.45, 2.75) is 87.5 Å². The maximum Gasteiger partial charge on any atom is 0.322 e. The van der Waals surface area contributed by atoms with Gasteiger partial charge in [-0.1, -0.05) is 79.6 Å². The van der Waals surface area contributed by atoms with Crippen molar-refractivity contribution in [3.8, 4) is 5.75 Å². The molecule has 2 bridgehead atoms. The van der Waals surface area contributed by atoms with E-state index in [4.69, 9.17) is 25.8 Å². The van der Waals surface area contributed by atoms with E-state index in [0.29, 0.717) is 43.7 Å². The fourth-order valence-corrected chi connectivity index (χ4v) is 14.2. The second kappa shape index (κ2) is 16.0. The van der Waals surface area contributed by atoms with Crippen LogP contribution in [0.1, 0.15) is 79.2 Å². The molecule has 5 aliphatic heterocycles. The Morgan fingerprint density at radius 2 is 1.80 bits per heavy atom. The fourth-order valence-electron chi connectivity index (χ4n) is 14.0. The lowest BCUT2D eigenvalue weighted by molar-refractivity contribution is -0.216. The van der Waals surface area contributed by atoms with Crippen molar-refractivity contribution >= 4 is 46.0 Å². The Labute approximate surface area is 385 Å². The smallest absolute Gasteiger partial charge is 0.322 e. The Morgan fingerprint density at radius 3 is 2.54 bits per heavy atom. The van der Waals surface area contributed by atoms with Gasteiger partial charge in [-0.2, -0.15) is 0 Å². The van der Waals surface area contributed by atoms with Gasteiger partial charge in [-0.3, -0.25) is 24.2 Å². The van der Waals surface area contributed by atoms with E-state index < -0.39 is 45.9 Å². The van der Waals surface area contributed by atoms with Crippen molar-refractivity contribution in [2.24, 2.45) is 11.3 Å². The lowest BCUT2D eigenvalue weighted by Gasteiger charge is -2.64. The Morgan fingerprint density at radius 1 is 1.02 bits per heavy atom. The van der Waals surface area contributed by atoms with Gasteiger partial charge in [0.05, 0.1) is 37.4 Å². The zero-order valence-electron chi connectivity index (χ0n) is 38.2. The molecule has 1 spiro atoms. The number of esters is 2. The highest BCUT2D eigenvalue weighted by molar-refractivity contribution is 6.33. The number of likely N-dealkylation sites (N-methyl/N-ethyl adjacent to an activating group) is 1. The number of anilines is 1. The van der Waals surface area contributed by atoms with Crippen LogP contribution in [0.2, 0.25) is 5.02 Å². The SMILES string of the molecule is CCC1=C[C@@H]2CN(CCc3c([nH]c4ccccc34)[C@@](C(=O)OC)(c3cc4c(cc3OC)N(C)[C@H]3C(O)(CNC(=O)c5ccccc5Cl)[C@H](OC(C)=O)[C@]5(CC)C=CCN6CC[C@]43[C@@H]65)C2)C1. The number of fused-ring (bicyclic) bond motifs is 6. The monoisotopic (exact) mass is 901 g/mol. The number of carbonyl (C=O) groups is 3. The number of halogens is 1. The molecule has 342 valence electrons. The van der Waals surface area contributed by atoms with Gasteiger partial charge < -0.3 is 34.5 Å². The molecule has 4 aromatic rings. The van der Waals surface area contributed by atoms with Gasteiger partial charge >= 0.3 is 11.9 Å². The molecule has 12 nitrogen and oxygen atoms in total. The van der Waals surface area contributed by atoms with Gasteiger partial charge in [0.1, 0.15) is 22.9 Å². The fraction of sp³-hybridized carbons (Fsp3) is 0.481. The molecule has 1 aliphatic carbocycles. The van der Waals surface area contributed by atoms with Crippen LogP contribution in [0, 0.1) is 11.3 Å². The highest BCUT2D eigenvalue weighted by Gasteiger charge is 2.78. The van der Waals surface area contributed by atoms with Gasteiger partial charge in [-0.25, -0.2) is 0 Å². The van der Waals surface area contributed by atoms with E-state index in [2.05, 4.69) is 81.3 Å². The molecule has 9 atom stereocenters. The van der Waals surface area contributed by atoms with Crippen LogP contribution in [-0.4, -0.2) is 122 Å². The molecule has 6 heterocycles. The first kappa shape index (κ1) is 43.7. The van der Waals surface area contributed by atoms with E-state index in [1.165, 1.54) is 19.6 Å². The van der Waals surface area contributed by atoms with Gasteiger partial charge in [0, 0.05) is 90.9 Å². The summed E-state index contributed by atoms with van der Waals surface area (Å²) in [6.07, 6.45) is 8.90. The first-order chi connectivity index (χ1) is 31.3. The lowest BCUT2D eigenvalue weighted by atomic mass is 9.47. The Hall–Kier alpha value is -5.14. The number of aliphatic hydroxyl groups is 1. The minimum atomic E-state index is -1.84. The van der Waals surface area contributed by atoms with Gasteiger partial charge in [0.25, 0.3) is 5.91 Å². The number of nitrogens with zero attached hydrogens (tertiary/aromatic N) is 3. The number of carbonyl (C=O) groups excluding carboxylic acids is 3. The third kappa shape index (κ3) is 6.22. The summed E-state index contributed by atoms with van der Waals surface area (Å²) in [4.78, 5) is 53.8. The molecule has 0 radical (unpaired) electrons. The highest BCUT2D eigenvalue weighted by atomic mass is 35.5. The molecule has 3 aromatic carbocycles. The summed E-state index contributed by atoms with van der Waals surface area (Å²) >= 11 is 6.54. The topological polar surface area (TPSA) is 137 Å². The van der Waals surface area contributed by atoms with E-state index in [-0.39, 0.29) is 35.1 Å². The van der Waals surface area contributed by atoms with Crippen LogP contribution in [0.4, 0.5) is 5.69 Å². The molecule has 2 fully saturated rings. The van der Waals surface area contributed by atoms with E-state index >= 15 is 4.79 Å². The standard InChI is InChI=1S/C52H60ClN5O7/c1-7-32-24-33-27-51(48(61)64-6,43-35(18-22-57(28-32)29-33)34-14-10-12-17-40(34)55-43)38-25-37-41(26-42(38)63-5)56(4)46-50(37)20-23-58-21-13-19-49(8-2,45(50)58)47(65-31(3)59)52(46,62)30-54-44(60)36-15-9-11-16-39(36)53/h9-17,19,24-26,33,45-47,55,62H,7-8,18,20-23,27-30H2,1-6H3,(H,54,60)/t33-,45-,46+,47+,49+,50+,51-,52?/m0/s1. The first-order valence-electron chi connectivity index (χ1n) is 23.2. The number of methoxy groups -OCH3 is 2. The summed E-state index contributed by atoms with van der Waals surface area (Å²) < 4.78 is 18.9. The molecule has 1 aromatic heterocycles. The van der Waals surface area contributed by atoms with E-state index in [0.717, 1.165) is 65.9 Å². The van der Waals surface area contributed by atoms with Crippen LogP contribution in [0.5, 0.6) is 5.75 Å². The second-order valence-electron chi connectivity index (χ2n) is 19.3. The number of para-hydroxylation sites is 1. The van der Waals surface area contributed by atoms with Crippen molar-refractivity contribution < 1.29 is 33.7 Å². The number of ether oxygens (including phenoxy) is 3. The molecule has 13 heteroatoms. The van der Waals surface area contributed by atoms with Crippen molar-refractivity contribution in [3.05, 3.63) is 117 Å². The quantitative estimate of drug-likeness (QED) is 0.123. The molecule has 1 amide bonds. The van der Waals surface area contributed by atoms with E-state index in [1.54, 1.807) is 31.4 Å². The van der Waals surface area contributed by atoms with Crippen molar-refractivity contribution in [1.29, 1.82) is 0 Å². The molecule has 3 N–H and O–H groups in total. The van der Waals surface area contributed by atoms with Gasteiger partial charge in [0.2, 0.25) is 0 Å². The van der Waals surface area contributed by atoms with Crippen LogP contribution in [0.3, 0.4) is 0 Å². The summed E-state index contributed by atoms with van der Waals surface area (Å²) in [7, 11) is 5.11. The Kier molecular flexibility index (Phi) is 10.8. The minimum absolute atomic E-state index is 0.0193. The molecule has 10 rings (SSSR count). The maximum atomic E-state index is 15.5. The van der Waals surface area contributed by atoms with Crippen LogP contribution in [0.25, 0.3) is 10.9 Å². The predicted molar refractivity (Wildman–Crippen MR) is 251 cm³/mol. The molecular formula is C52H60ClN5O7. The number of hydrogen-bond acceptors (Lipinski definition) is 10. The number of aromatic amines is 1. The van der Waals surface area contributed by atoms with Crippen molar-refractivity contribution in [3.63, 3.8) is 0 Å². The average Bonchev–Trinajstić information content (AvgIpc) is 3.97. The normalized spacial score (nSPS) is 32.2. The number of benzene rings is 3. The lowest BCUT2D eigenvalue weighted by Crippen LogP contribution is -2.81.